The second-order valence-corrected chi connectivity index (χ2v) is 4.72. The topological polar surface area (TPSA) is 52.9 Å². The number of rotatable bonds is 3. The van der Waals surface area contributed by atoms with Crippen molar-refractivity contribution in [2.75, 3.05) is 0 Å². The van der Waals surface area contributed by atoms with Gasteiger partial charge >= 0.3 is 0 Å². The Morgan fingerprint density at radius 3 is 2.71 bits per heavy atom. The molecule has 1 unspecified atom stereocenters. The molecule has 0 radical (unpaired) electrons. The van der Waals surface area contributed by atoms with Crippen LogP contribution in [-0.2, 0) is 0 Å². The number of hydrogen-bond acceptors (Lipinski definition) is 2. The van der Waals surface area contributed by atoms with Gasteiger partial charge < -0.3 is 5.32 Å². The van der Waals surface area contributed by atoms with Gasteiger partial charge in [0, 0.05) is 0 Å². The number of nitrogens with one attached hydrogen (secondary N) is 1. The Morgan fingerprint density at radius 2 is 2.18 bits per heavy atom. The summed E-state index contributed by atoms with van der Waals surface area (Å²) in [6, 6.07) is 5.61. The fourth-order valence-corrected chi connectivity index (χ4v) is 1.69. The van der Waals surface area contributed by atoms with Gasteiger partial charge in [-0.2, -0.15) is 5.26 Å². The Morgan fingerprint density at radius 1 is 1.53 bits per heavy atom. The van der Waals surface area contributed by atoms with Crippen LogP contribution in [0.25, 0.3) is 0 Å². The largest absolute Gasteiger partial charge is 0.336 e. The van der Waals surface area contributed by atoms with Gasteiger partial charge in [0.2, 0.25) is 0 Å². The molecule has 0 saturated heterocycles. The van der Waals surface area contributed by atoms with Gasteiger partial charge in [0.15, 0.2) is 0 Å². The van der Waals surface area contributed by atoms with E-state index < -0.39 is 17.8 Å². The number of nitrogens with zero attached hydrogens (tertiary/aromatic N) is 1. The average molecular weight is 299 g/mol. The third-order valence-corrected chi connectivity index (χ3v) is 3.09. The van der Waals surface area contributed by atoms with Gasteiger partial charge in [-0.3, -0.25) is 4.79 Å². The lowest BCUT2D eigenvalue weighted by Crippen LogP contribution is -2.37. The molecule has 0 spiro atoms. The molecule has 1 amide bonds. The molecule has 1 atom stereocenters. The minimum atomic E-state index is -0.585. The molecule has 1 aromatic carbocycles. The van der Waals surface area contributed by atoms with E-state index in [1.54, 1.807) is 0 Å². The Hall–Kier alpha value is -1.41. The molecule has 0 heterocycles. The Balaban J connectivity index is 2.91. The zero-order valence-corrected chi connectivity index (χ0v) is 11.1. The number of benzene rings is 1. The molecule has 5 heteroatoms. The summed E-state index contributed by atoms with van der Waals surface area (Å²) >= 11 is 3.01. The predicted octanol–water partition coefficient (Wildman–Crippen LogP) is 2.87. The van der Waals surface area contributed by atoms with Crippen LogP contribution in [0, 0.1) is 23.1 Å². The van der Waals surface area contributed by atoms with E-state index in [-0.39, 0.29) is 16.0 Å². The molecular formula is C12H12BrFN2O. The first kappa shape index (κ1) is 13.7. The molecule has 1 aromatic rings. The van der Waals surface area contributed by atoms with E-state index in [0.717, 1.165) is 0 Å². The summed E-state index contributed by atoms with van der Waals surface area (Å²) in [7, 11) is 0. The summed E-state index contributed by atoms with van der Waals surface area (Å²) in [6.07, 6.45) is 0. The van der Waals surface area contributed by atoms with Crippen LogP contribution in [0.15, 0.2) is 22.7 Å². The summed E-state index contributed by atoms with van der Waals surface area (Å²) in [4.78, 5) is 11.8. The summed E-state index contributed by atoms with van der Waals surface area (Å²) in [5, 5.41) is 11.4. The van der Waals surface area contributed by atoms with Crippen molar-refractivity contribution in [1.82, 2.24) is 5.32 Å². The Kier molecular flexibility index (Phi) is 4.64. The molecule has 0 aliphatic rings. The van der Waals surface area contributed by atoms with E-state index in [2.05, 4.69) is 21.2 Å². The highest BCUT2D eigenvalue weighted by molar-refractivity contribution is 9.10. The standard InChI is InChI=1S/C12H12BrFN2O/c1-7(2)10(6-15)16-12(17)8-4-3-5-9(14)11(8)13/h3-5,7,10H,1-2H3,(H,16,17). The highest BCUT2D eigenvalue weighted by atomic mass is 79.9. The number of carbonyl (C=O) groups excluding carboxylic acids is 1. The van der Waals surface area contributed by atoms with E-state index in [0.29, 0.717) is 0 Å². The van der Waals surface area contributed by atoms with E-state index in [4.69, 9.17) is 5.26 Å². The summed E-state index contributed by atoms with van der Waals surface area (Å²) < 4.78 is 13.3. The van der Waals surface area contributed by atoms with Gasteiger partial charge in [0.05, 0.1) is 16.1 Å². The molecule has 17 heavy (non-hydrogen) atoms. The molecule has 0 bridgehead atoms. The van der Waals surface area contributed by atoms with Crippen molar-refractivity contribution in [3.05, 3.63) is 34.1 Å². The predicted molar refractivity (Wildman–Crippen MR) is 65.8 cm³/mol. The number of hydrogen-bond donors (Lipinski definition) is 1. The van der Waals surface area contributed by atoms with Crippen LogP contribution < -0.4 is 5.32 Å². The van der Waals surface area contributed by atoms with Crippen LogP contribution in [0.1, 0.15) is 24.2 Å². The van der Waals surface area contributed by atoms with E-state index in [1.807, 2.05) is 19.9 Å². The second kappa shape index (κ2) is 5.78. The van der Waals surface area contributed by atoms with Crippen molar-refractivity contribution >= 4 is 21.8 Å². The first-order chi connectivity index (χ1) is 7.97. The first-order valence-electron chi connectivity index (χ1n) is 5.12. The molecule has 0 aliphatic heterocycles. The first-order valence-corrected chi connectivity index (χ1v) is 5.91. The van der Waals surface area contributed by atoms with Crippen molar-refractivity contribution in [3.8, 4) is 6.07 Å². The maximum Gasteiger partial charge on any atom is 0.253 e. The van der Waals surface area contributed by atoms with E-state index >= 15 is 0 Å². The van der Waals surface area contributed by atoms with Crippen molar-refractivity contribution < 1.29 is 9.18 Å². The summed E-state index contributed by atoms with van der Waals surface area (Å²) in [5.74, 6) is -0.969. The second-order valence-electron chi connectivity index (χ2n) is 3.93. The summed E-state index contributed by atoms with van der Waals surface area (Å²) in [5.41, 5.74) is 0.186. The van der Waals surface area contributed by atoms with E-state index in [9.17, 15) is 9.18 Å². The zero-order chi connectivity index (χ0) is 13.0. The monoisotopic (exact) mass is 298 g/mol. The molecule has 0 aromatic heterocycles. The molecule has 90 valence electrons. The highest BCUT2D eigenvalue weighted by Crippen LogP contribution is 2.20. The van der Waals surface area contributed by atoms with E-state index in [1.165, 1.54) is 18.2 Å². The Bertz CT molecular complexity index is 468. The normalized spacial score (nSPS) is 12.0. The quantitative estimate of drug-likeness (QED) is 0.933. The van der Waals surface area contributed by atoms with Crippen LogP contribution in [0.5, 0.6) is 0 Å². The fraction of sp³-hybridized carbons (Fsp3) is 0.333. The maximum absolute atomic E-state index is 13.2. The number of carbonyl (C=O) groups is 1. The van der Waals surface area contributed by atoms with Gasteiger partial charge in [-0.25, -0.2) is 4.39 Å². The van der Waals surface area contributed by atoms with Crippen molar-refractivity contribution in [1.29, 1.82) is 5.26 Å². The molecule has 0 fully saturated rings. The third kappa shape index (κ3) is 3.27. The van der Waals surface area contributed by atoms with Gasteiger partial charge in [-0.05, 0) is 34.0 Å². The molecule has 0 saturated carbocycles. The molecule has 1 N–H and O–H groups in total. The number of halogens is 2. The third-order valence-electron chi connectivity index (χ3n) is 2.29. The van der Waals surface area contributed by atoms with Crippen molar-refractivity contribution in [2.24, 2.45) is 5.92 Å². The highest BCUT2D eigenvalue weighted by Gasteiger charge is 2.19. The van der Waals surface area contributed by atoms with Gasteiger partial charge in [-0.1, -0.05) is 19.9 Å². The number of nitriles is 1. The van der Waals surface area contributed by atoms with Crippen molar-refractivity contribution in [3.63, 3.8) is 0 Å². The zero-order valence-electron chi connectivity index (χ0n) is 9.50. The molecule has 1 rings (SSSR count). The molecule has 3 nitrogen and oxygen atoms in total. The summed E-state index contributed by atoms with van der Waals surface area (Å²) in [6.45, 7) is 3.66. The average Bonchev–Trinajstić information content (AvgIpc) is 2.28. The van der Waals surface area contributed by atoms with Crippen LogP contribution in [0.3, 0.4) is 0 Å². The Labute approximate surface area is 108 Å². The maximum atomic E-state index is 13.2. The SMILES string of the molecule is CC(C)C(C#N)NC(=O)c1cccc(F)c1Br. The van der Waals surface area contributed by atoms with Crippen LogP contribution >= 0.6 is 15.9 Å². The van der Waals surface area contributed by atoms with Gasteiger partial charge in [-0.15, -0.1) is 0 Å². The lowest BCUT2D eigenvalue weighted by Gasteiger charge is -2.15. The molecular weight excluding hydrogens is 287 g/mol. The van der Waals surface area contributed by atoms with Gasteiger partial charge in [0.1, 0.15) is 11.9 Å². The van der Waals surface area contributed by atoms with Gasteiger partial charge in [0.25, 0.3) is 5.91 Å². The van der Waals surface area contributed by atoms with Crippen LogP contribution in [-0.4, -0.2) is 11.9 Å². The van der Waals surface area contributed by atoms with Crippen molar-refractivity contribution in [2.45, 2.75) is 19.9 Å². The van der Waals surface area contributed by atoms with Crippen LogP contribution in [0.4, 0.5) is 4.39 Å². The minimum Gasteiger partial charge on any atom is -0.336 e. The smallest absolute Gasteiger partial charge is 0.253 e. The number of amides is 1. The fourth-order valence-electron chi connectivity index (χ4n) is 1.25. The minimum absolute atomic E-state index is 0.00344. The lowest BCUT2D eigenvalue weighted by molar-refractivity contribution is 0.0936. The lowest BCUT2D eigenvalue weighted by atomic mass is 10.1. The molecule has 0 aliphatic carbocycles. The van der Waals surface area contributed by atoms with Crippen LogP contribution in [0.2, 0.25) is 0 Å².